The van der Waals surface area contributed by atoms with Gasteiger partial charge in [-0.3, -0.25) is 0 Å². The summed E-state index contributed by atoms with van der Waals surface area (Å²) in [5.41, 5.74) is 7.84. The van der Waals surface area contributed by atoms with E-state index in [1.807, 2.05) is 13.0 Å². The highest BCUT2D eigenvalue weighted by Crippen LogP contribution is 2.16. The number of hydrogen-bond donors (Lipinski definition) is 1. The molecular weight excluding hydrogens is 136 g/mol. The van der Waals surface area contributed by atoms with Crippen molar-refractivity contribution in [3.63, 3.8) is 0 Å². The van der Waals surface area contributed by atoms with Crippen LogP contribution in [0.4, 0.5) is 5.82 Å². The second-order valence-electron chi connectivity index (χ2n) is 3.12. The molecule has 2 N–H and O–H groups in total. The second-order valence-corrected chi connectivity index (χ2v) is 3.12. The minimum absolute atomic E-state index is 0.527. The molecule has 1 rings (SSSR count). The molecule has 1 heterocycles. The number of aromatic nitrogens is 1. The van der Waals surface area contributed by atoms with Crippen LogP contribution in [0.1, 0.15) is 31.0 Å². The van der Waals surface area contributed by atoms with E-state index in [4.69, 9.17) is 5.73 Å². The fourth-order valence-corrected chi connectivity index (χ4v) is 1.06. The summed E-state index contributed by atoms with van der Waals surface area (Å²) in [4.78, 5) is 4.09. The van der Waals surface area contributed by atoms with E-state index >= 15 is 0 Å². The average Bonchev–Trinajstić information content (AvgIpc) is 1.85. The minimum Gasteiger partial charge on any atom is -0.384 e. The highest BCUT2D eigenvalue weighted by Gasteiger charge is 2.00. The molecule has 0 fully saturated rings. The van der Waals surface area contributed by atoms with Gasteiger partial charge < -0.3 is 5.73 Å². The average molecular weight is 150 g/mol. The lowest BCUT2D eigenvalue weighted by atomic mass is 10.0. The molecule has 2 heteroatoms. The van der Waals surface area contributed by atoms with Crippen molar-refractivity contribution in [1.29, 1.82) is 0 Å². The van der Waals surface area contributed by atoms with E-state index in [2.05, 4.69) is 24.9 Å². The SMILES string of the molecule is Cc1cc(C(C)C)cc(N)n1. The van der Waals surface area contributed by atoms with E-state index in [1.54, 1.807) is 0 Å². The van der Waals surface area contributed by atoms with Crippen LogP contribution in [0.2, 0.25) is 0 Å². The Hall–Kier alpha value is -1.05. The van der Waals surface area contributed by atoms with Gasteiger partial charge in [-0.2, -0.15) is 0 Å². The maximum Gasteiger partial charge on any atom is 0.123 e. The highest BCUT2D eigenvalue weighted by molar-refractivity contribution is 5.35. The first-order valence-electron chi connectivity index (χ1n) is 3.83. The van der Waals surface area contributed by atoms with E-state index in [9.17, 15) is 0 Å². The third-order valence-corrected chi connectivity index (χ3v) is 1.66. The maximum absolute atomic E-state index is 5.59. The van der Waals surface area contributed by atoms with Crippen LogP contribution in [0.25, 0.3) is 0 Å². The van der Waals surface area contributed by atoms with Gasteiger partial charge in [-0.25, -0.2) is 4.98 Å². The summed E-state index contributed by atoms with van der Waals surface area (Å²) in [6.07, 6.45) is 0. The van der Waals surface area contributed by atoms with Gasteiger partial charge in [-0.05, 0) is 30.5 Å². The van der Waals surface area contributed by atoms with Gasteiger partial charge in [-0.15, -0.1) is 0 Å². The zero-order chi connectivity index (χ0) is 8.43. The van der Waals surface area contributed by atoms with Crippen molar-refractivity contribution in [3.8, 4) is 0 Å². The number of aryl methyl sites for hydroxylation is 1. The molecule has 0 amide bonds. The molecule has 0 saturated heterocycles. The van der Waals surface area contributed by atoms with Gasteiger partial charge in [-0.1, -0.05) is 13.8 Å². The summed E-state index contributed by atoms with van der Waals surface area (Å²) in [5.74, 6) is 1.15. The van der Waals surface area contributed by atoms with Crippen molar-refractivity contribution in [1.82, 2.24) is 4.98 Å². The van der Waals surface area contributed by atoms with Crippen molar-refractivity contribution in [2.75, 3.05) is 5.73 Å². The molecule has 2 nitrogen and oxygen atoms in total. The van der Waals surface area contributed by atoms with Gasteiger partial charge in [0.05, 0.1) is 0 Å². The van der Waals surface area contributed by atoms with Crippen LogP contribution in [0.5, 0.6) is 0 Å². The molecule has 1 aromatic heterocycles. The molecule has 0 atom stereocenters. The third kappa shape index (κ3) is 1.93. The van der Waals surface area contributed by atoms with Gasteiger partial charge in [0, 0.05) is 5.69 Å². The number of pyridine rings is 1. The zero-order valence-electron chi connectivity index (χ0n) is 7.26. The zero-order valence-corrected chi connectivity index (χ0v) is 7.26. The Morgan fingerprint density at radius 1 is 1.36 bits per heavy atom. The predicted octanol–water partition coefficient (Wildman–Crippen LogP) is 2.10. The first-order chi connectivity index (χ1) is 5.09. The van der Waals surface area contributed by atoms with Crippen molar-refractivity contribution >= 4 is 5.82 Å². The van der Waals surface area contributed by atoms with E-state index < -0.39 is 0 Å². The second kappa shape index (κ2) is 2.91. The quantitative estimate of drug-likeness (QED) is 0.665. The Bertz CT molecular complexity index is 233. The largest absolute Gasteiger partial charge is 0.384 e. The Morgan fingerprint density at radius 2 is 2.00 bits per heavy atom. The fraction of sp³-hybridized carbons (Fsp3) is 0.444. The van der Waals surface area contributed by atoms with Crippen molar-refractivity contribution in [2.45, 2.75) is 26.7 Å². The Labute approximate surface area is 67.5 Å². The topological polar surface area (TPSA) is 38.9 Å². The van der Waals surface area contributed by atoms with Gasteiger partial charge in [0.1, 0.15) is 5.82 Å². The molecule has 0 spiro atoms. The molecule has 0 aromatic carbocycles. The number of nitrogens with zero attached hydrogens (tertiary/aromatic N) is 1. The van der Waals surface area contributed by atoms with E-state index in [1.165, 1.54) is 5.56 Å². The van der Waals surface area contributed by atoms with Crippen LogP contribution in [-0.4, -0.2) is 4.98 Å². The molecule has 1 aromatic rings. The lowest BCUT2D eigenvalue weighted by molar-refractivity contribution is 0.860. The molecule has 0 saturated carbocycles. The first-order valence-corrected chi connectivity index (χ1v) is 3.83. The predicted molar refractivity (Wildman–Crippen MR) is 47.5 cm³/mol. The van der Waals surface area contributed by atoms with Crippen LogP contribution in [-0.2, 0) is 0 Å². The molecule has 0 aliphatic carbocycles. The molecule has 0 unspecified atom stereocenters. The van der Waals surface area contributed by atoms with Gasteiger partial charge in [0.25, 0.3) is 0 Å². The van der Waals surface area contributed by atoms with Crippen LogP contribution >= 0.6 is 0 Å². The van der Waals surface area contributed by atoms with Gasteiger partial charge in [0.2, 0.25) is 0 Å². The maximum atomic E-state index is 5.59. The third-order valence-electron chi connectivity index (χ3n) is 1.66. The number of anilines is 1. The standard InChI is InChI=1S/C9H14N2/c1-6(2)8-4-7(3)11-9(10)5-8/h4-6H,1-3H3,(H2,10,11). The summed E-state index contributed by atoms with van der Waals surface area (Å²) in [5, 5.41) is 0. The van der Waals surface area contributed by atoms with E-state index in [-0.39, 0.29) is 0 Å². The number of rotatable bonds is 1. The fourth-order valence-electron chi connectivity index (χ4n) is 1.06. The lowest BCUT2D eigenvalue weighted by Gasteiger charge is -2.06. The van der Waals surface area contributed by atoms with Gasteiger partial charge >= 0.3 is 0 Å². The number of nitrogens with two attached hydrogens (primary N) is 1. The van der Waals surface area contributed by atoms with Crippen molar-refractivity contribution < 1.29 is 0 Å². The summed E-state index contributed by atoms with van der Waals surface area (Å²) in [6, 6.07) is 4.00. The minimum atomic E-state index is 0.527. The van der Waals surface area contributed by atoms with E-state index in [0.29, 0.717) is 11.7 Å². The smallest absolute Gasteiger partial charge is 0.123 e. The number of nitrogen functional groups attached to an aromatic ring is 1. The summed E-state index contributed by atoms with van der Waals surface area (Å²) < 4.78 is 0. The summed E-state index contributed by atoms with van der Waals surface area (Å²) in [7, 11) is 0. The monoisotopic (exact) mass is 150 g/mol. The van der Waals surface area contributed by atoms with Crippen molar-refractivity contribution in [2.24, 2.45) is 0 Å². The lowest BCUT2D eigenvalue weighted by Crippen LogP contribution is -1.96. The van der Waals surface area contributed by atoms with Crippen LogP contribution in [0.15, 0.2) is 12.1 Å². The molecule has 60 valence electrons. The molecule has 0 bridgehead atoms. The van der Waals surface area contributed by atoms with Crippen LogP contribution in [0, 0.1) is 6.92 Å². The first kappa shape index (κ1) is 8.05. The molecule has 0 aliphatic heterocycles. The summed E-state index contributed by atoms with van der Waals surface area (Å²) in [6.45, 7) is 6.25. The van der Waals surface area contributed by atoms with E-state index in [0.717, 1.165) is 5.69 Å². The van der Waals surface area contributed by atoms with Gasteiger partial charge in [0.15, 0.2) is 0 Å². The molecule has 11 heavy (non-hydrogen) atoms. The number of hydrogen-bond acceptors (Lipinski definition) is 2. The molecular formula is C9H14N2. The normalized spacial score (nSPS) is 10.5. The Kier molecular flexibility index (Phi) is 2.13. The van der Waals surface area contributed by atoms with Crippen LogP contribution < -0.4 is 5.73 Å². The van der Waals surface area contributed by atoms with Crippen LogP contribution in [0.3, 0.4) is 0 Å². The molecule has 0 radical (unpaired) electrons. The van der Waals surface area contributed by atoms with Crippen molar-refractivity contribution in [3.05, 3.63) is 23.4 Å². The Balaban J connectivity index is 3.08. The summed E-state index contributed by atoms with van der Waals surface area (Å²) >= 11 is 0. The molecule has 0 aliphatic rings. The Morgan fingerprint density at radius 3 is 2.45 bits per heavy atom. The highest BCUT2D eigenvalue weighted by atomic mass is 14.8.